The molecule has 1 heterocycles. The Morgan fingerprint density at radius 3 is 2.74 bits per heavy atom. The molecule has 0 atom stereocenters. The molecule has 1 aromatic heterocycles. The Balaban J connectivity index is 1.99. The molecule has 3 N–H and O–H groups in total. The van der Waals surface area contributed by atoms with Crippen molar-refractivity contribution in [2.75, 3.05) is 11.1 Å². The number of nitrogens with zero attached hydrogens (tertiary/aromatic N) is 1. The van der Waals surface area contributed by atoms with E-state index < -0.39 is 0 Å². The number of nitrogen functional groups attached to an aromatic ring is 1. The third kappa shape index (κ3) is 2.46. The van der Waals surface area contributed by atoms with Gasteiger partial charge in [-0.15, -0.1) is 0 Å². The molecule has 19 heavy (non-hydrogen) atoms. The summed E-state index contributed by atoms with van der Waals surface area (Å²) in [6.45, 7) is 0. The Morgan fingerprint density at radius 2 is 2.00 bits per heavy atom. The number of aromatic nitrogens is 1. The topological polar surface area (TPSA) is 64.1 Å². The number of hydrogen-bond donors (Lipinski definition) is 2. The molecule has 0 aliphatic heterocycles. The van der Waals surface area contributed by atoms with Gasteiger partial charge in [0, 0.05) is 8.95 Å². The zero-order chi connectivity index (χ0) is 13.4. The van der Waals surface area contributed by atoms with E-state index in [4.69, 9.17) is 10.2 Å². The van der Waals surface area contributed by atoms with Gasteiger partial charge in [0.25, 0.3) is 6.01 Å². The third-order valence-electron chi connectivity index (χ3n) is 2.62. The molecule has 0 radical (unpaired) electrons. The summed E-state index contributed by atoms with van der Waals surface area (Å²) in [4.78, 5) is 4.34. The van der Waals surface area contributed by atoms with E-state index in [-0.39, 0.29) is 0 Å². The first-order valence-electron chi connectivity index (χ1n) is 5.50. The molecule has 0 bridgehead atoms. The molecule has 0 aliphatic rings. The molecule has 3 aromatic rings. The molecular weight excluding hydrogens is 374 g/mol. The summed E-state index contributed by atoms with van der Waals surface area (Å²) in [5, 5.41) is 3.12. The second kappa shape index (κ2) is 4.86. The molecule has 0 fully saturated rings. The highest BCUT2D eigenvalue weighted by Gasteiger charge is 2.09. The van der Waals surface area contributed by atoms with Crippen molar-refractivity contribution in [2.45, 2.75) is 0 Å². The molecule has 0 saturated heterocycles. The zero-order valence-corrected chi connectivity index (χ0v) is 12.8. The third-order valence-corrected chi connectivity index (χ3v) is 3.77. The maximum atomic E-state index is 5.85. The van der Waals surface area contributed by atoms with Crippen molar-refractivity contribution in [3.05, 3.63) is 45.3 Å². The second-order valence-corrected chi connectivity index (χ2v) is 5.73. The summed E-state index contributed by atoms with van der Waals surface area (Å²) in [5.74, 6) is 0. The van der Waals surface area contributed by atoms with E-state index in [0.717, 1.165) is 14.6 Å². The van der Waals surface area contributed by atoms with Crippen LogP contribution in [0.25, 0.3) is 11.1 Å². The van der Waals surface area contributed by atoms with Crippen LogP contribution in [0, 0.1) is 0 Å². The fourth-order valence-electron chi connectivity index (χ4n) is 1.73. The van der Waals surface area contributed by atoms with E-state index in [1.807, 2.05) is 30.3 Å². The van der Waals surface area contributed by atoms with Crippen LogP contribution in [-0.4, -0.2) is 4.98 Å². The standard InChI is InChI=1S/C13H9Br2N3O/c14-7-4-5-10(8(15)6-7)17-13-18-12-9(16)2-1-3-11(12)19-13/h1-6H,16H2,(H,17,18). The first kappa shape index (κ1) is 12.5. The molecule has 3 rings (SSSR count). The summed E-state index contributed by atoms with van der Waals surface area (Å²) < 4.78 is 7.51. The highest BCUT2D eigenvalue weighted by atomic mass is 79.9. The van der Waals surface area contributed by atoms with Gasteiger partial charge < -0.3 is 15.5 Å². The molecule has 0 aliphatic carbocycles. The van der Waals surface area contributed by atoms with Crippen molar-refractivity contribution in [3.63, 3.8) is 0 Å². The van der Waals surface area contributed by atoms with Crippen molar-refractivity contribution in [1.82, 2.24) is 4.98 Å². The zero-order valence-electron chi connectivity index (χ0n) is 9.65. The molecular formula is C13H9Br2N3O. The summed E-state index contributed by atoms with van der Waals surface area (Å²) in [6.07, 6.45) is 0. The smallest absolute Gasteiger partial charge is 0.300 e. The fourth-order valence-corrected chi connectivity index (χ4v) is 2.88. The monoisotopic (exact) mass is 381 g/mol. The average Bonchev–Trinajstić information content (AvgIpc) is 2.77. The predicted octanol–water partition coefficient (Wildman–Crippen LogP) is 4.68. The first-order valence-corrected chi connectivity index (χ1v) is 7.09. The Morgan fingerprint density at radius 1 is 1.16 bits per heavy atom. The number of halogens is 2. The molecule has 2 aromatic carbocycles. The number of para-hydroxylation sites is 1. The van der Waals surface area contributed by atoms with Crippen LogP contribution in [0.1, 0.15) is 0 Å². The van der Waals surface area contributed by atoms with E-state index in [0.29, 0.717) is 22.8 Å². The number of rotatable bonds is 2. The van der Waals surface area contributed by atoms with Crippen LogP contribution >= 0.6 is 31.9 Å². The molecule has 0 spiro atoms. The molecule has 6 heteroatoms. The number of oxazole rings is 1. The lowest BCUT2D eigenvalue weighted by molar-refractivity contribution is 0.623. The maximum Gasteiger partial charge on any atom is 0.300 e. The van der Waals surface area contributed by atoms with Crippen molar-refractivity contribution < 1.29 is 4.42 Å². The fraction of sp³-hybridized carbons (Fsp3) is 0. The molecule has 0 amide bonds. The van der Waals surface area contributed by atoms with Gasteiger partial charge in [0.05, 0.1) is 11.4 Å². The number of nitrogens with one attached hydrogen (secondary N) is 1. The Kier molecular flexibility index (Phi) is 3.20. The highest BCUT2D eigenvalue weighted by molar-refractivity contribution is 9.11. The molecule has 96 valence electrons. The Bertz CT molecular complexity index is 755. The largest absolute Gasteiger partial charge is 0.423 e. The van der Waals surface area contributed by atoms with Gasteiger partial charge in [0.1, 0.15) is 5.52 Å². The lowest BCUT2D eigenvalue weighted by Gasteiger charge is -2.04. The number of anilines is 3. The van der Waals surface area contributed by atoms with Gasteiger partial charge >= 0.3 is 0 Å². The van der Waals surface area contributed by atoms with Crippen LogP contribution in [0.5, 0.6) is 0 Å². The van der Waals surface area contributed by atoms with Gasteiger partial charge in [-0.05, 0) is 46.3 Å². The predicted molar refractivity (Wildman–Crippen MR) is 83.5 cm³/mol. The van der Waals surface area contributed by atoms with Crippen LogP contribution in [0.4, 0.5) is 17.4 Å². The van der Waals surface area contributed by atoms with Crippen LogP contribution in [0.15, 0.2) is 49.8 Å². The van der Waals surface area contributed by atoms with Crippen LogP contribution in [0.2, 0.25) is 0 Å². The number of benzene rings is 2. The van der Waals surface area contributed by atoms with Crippen molar-refractivity contribution in [3.8, 4) is 0 Å². The van der Waals surface area contributed by atoms with E-state index in [9.17, 15) is 0 Å². The quantitative estimate of drug-likeness (QED) is 0.631. The average molecular weight is 383 g/mol. The van der Waals surface area contributed by atoms with Crippen molar-refractivity contribution in [1.29, 1.82) is 0 Å². The van der Waals surface area contributed by atoms with Gasteiger partial charge in [0.2, 0.25) is 0 Å². The van der Waals surface area contributed by atoms with Crippen molar-refractivity contribution in [2.24, 2.45) is 0 Å². The minimum absolute atomic E-state index is 0.413. The SMILES string of the molecule is Nc1cccc2oc(Nc3ccc(Br)cc3Br)nc12. The lowest BCUT2D eigenvalue weighted by Crippen LogP contribution is -1.91. The van der Waals surface area contributed by atoms with Gasteiger partial charge in [-0.3, -0.25) is 0 Å². The summed E-state index contributed by atoms with van der Waals surface area (Å²) in [6, 6.07) is 11.7. The molecule has 0 unspecified atom stereocenters. The minimum atomic E-state index is 0.413. The van der Waals surface area contributed by atoms with Crippen LogP contribution in [0.3, 0.4) is 0 Å². The number of nitrogens with two attached hydrogens (primary N) is 1. The van der Waals surface area contributed by atoms with Gasteiger partial charge in [-0.1, -0.05) is 22.0 Å². The summed E-state index contributed by atoms with van der Waals surface area (Å²) >= 11 is 6.88. The minimum Gasteiger partial charge on any atom is -0.423 e. The Labute approximate surface area is 126 Å². The first-order chi connectivity index (χ1) is 9.13. The number of hydrogen-bond acceptors (Lipinski definition) is 4. The normalized spacial score (nSPS) is 10.8. The van der Waals surface area contributed by atoms with Crippen LogP contribution < -0.4 is 11.1 Å². The van der Waals surface area contributed by atoms with E-state index in [1.165, 1.54) is 0 Å². The van der Waals surface area contributed by atoms with Gasteiger partial charge in [-0.25, -0.2) is 0 Å². The second-order valence-electron chi connectivity index (χ2n) is 3.96. The summed E-state index contributed by atoms with van der Waals surface area (Å²) in [7, 11) is 0. The van der Waals surface area contributed by atoms with Crippen molar-refractivity contribution >= 4 is 60.3 Å². The maximum absolute atomic E-state index is 5.85. The highest BCUT2D eigenvalue weighted by Crippen LogP contribution is 2.30. The summed E-state index contributed by atoms with van der Waals surface area (Å²) in [5.41, 5.74) is 8.64. The van der Waals surface area contributed by atoms with Crippen LogP contribution in [-0.2, 0) is 0 Å². The van der Waals surface area contributed by atoms with E-state index in [1.54, 1.807) is 6.07 Å². The van der Waals surface area contributed by atoms with E-state index >= 15 is 0 Å². The van der Waals surface area contributed by atoms with Gasteiger partial charge in [-0.2, -0.15) is 4.98 Å². The Hall–Kier alpha value is -1.53. The molecule has 4 nitrogen and oxygen atoms in total. The lowest BCUT2D eigenvalue weighted by atomic mass is 10.3. The van der Waals surface area contributed by atoms with Gasteiger partial charge in [0.15, 0.2) is 5.58 Å². The number of fused-ring (bicyclic) bond motifs is 1. The van der Waals surface area contributed by atoms with E-state index in [2.05, 4.69) is 42.2 Å². The molecule has 0 saturated carbocycles.